The third-order valence-corrected chi connectivity index (χ3v) is 5.79. The van der Waals surface area contributed by atoms with Gasteiger partial charge in [-0.05, 0) is 60.2 Å². The SMILES string of the molecule is CS(=O)(=O)Nc1cccc(-c2cnn3ccc(N(c4ccccc4)c4ccc(O)cc4)nc23)c1. The van der Waals surface area contributed by atoms with Crippen molar-refractivity contribution in [3.8, 4) is 16.9 Å². The molecule has 5 aromatic rings. The maximum Gasteiger partial charge on any atom is 0.229 e. The highest BCUT2D eigenvalue weighted by molar-refractivity contribution is 7.92. The Morgan fingerprint density at radius 1 is 0.912 bits per heavy atom. The van der Waals surface area contributed by atoms with E-state index in [0.29, 0.717) is 17.2 Å². The summed E-state index contributed by atoms with van der Waals surface area (Å²) in [4.78, 5) is 6.90. The van der Waals surface area contributed by atoms with Gasteiger partial charge in [-0.3, -0.25) is 9.62 Å². The van der Waals surface area contributed by atoms with E-state index in [-0.39, 0.29) is 5.75 Å². The minimum Gasteiger partial charge on any atom is -0.508 e. The van der Waals surface area contributed by atoms with E-state index in [9.17, 15) is 13.5 Å². The summed E-state index contributed by atoms with van der Waals surface area (Å²) in [5.74, 6) is 0.845. The number of aromatic hydroxyl groups is 1. The summed E-state index contributed by atoms with van der Waals surface area (Å²) in [6.07, 6.45) is 4.65. The van der Waals surface area contributed by atoms with Crippen molar-refractivity contribution in [3.63, 3.8) is 0 Å². The van der Waals surface area contributed by atoms with E-state index in [1.54, 1.807) is 41.0 Å². The number of anilines is 4. The Morgan fingerprint density at radius 3 is 2.38 bits per heavy atom. The van der Waals surface area contributed by atoms with Gasteiger partial charge in [0.05, 0.1) is 12.5 Å². The number of nitrogens with one attached hydrogen (secondary N) is 1. The van der Waals surface area contributed by atoms with Crippen molar-refractivity contribution >= 4 is 38.6 Å². The normalized spacial score (nSPS) is 11.4. The fourth-order valence-corrected chi connectivity index (χ4v) is 4.30. The van der Waals surface area contributed by atoms with Crippen LogP contribution in [0, 0.1) is 0 Å². The number of phenols is 1. The second-order valence-corrected chi connectivity index (χ2v) is 9.50. The van der Waals surface area contributed by atoms with E-state index >= 15 is 0 Å². The van der Waals surface area contributed by atoms with Gasteiger partial charge in [-0.15, -0.1) is 0 Å². The van der Waals surface area contributed by atoms with Gasteiger partial charge in [0.15, 0.2) is 5.65 Å². The fraction of sp³-hybridized carbons (Fsp3) is 0.0400. The van der Waals surface area contributed by atoms with Crippen LogP contribution in [0.25, 0.3) is 16.8 Å². The van der Waals surface area contributed by atoms with Crippen LogP contribution < -0.4 is 9.62 Å². The zero-order valence-electron chi connectivity index (χ0n) is 18.2. The van der Waals surface area contributed by atoms with Crippen molar-refractivity contribution in [3.05, 3.63) is 97.3 Å². The lowest BCUT2D eigenvalue weighted by Crippen LogP contribution is -2.12. The van der Waals surface area contributed by atoms with Gasteiger partial charge in [-0.1, -0.05) is 30.3 Å². The first-order chi connectivity index (χ1) is 16.4. The second-order valence-electron chi connectivity index (χ2n) is 7.75. The summed E-state index contributed by atoms with van der Waals surface area (Å²) in [6, 6.07) is 25.7. The highest BCUT2D eigenvalue weighted by Gasteiger charge is 2.17. The molecule has 8 nitrogen and oxygen atoms in total. The monoisotopic (exact) mass is 471 g/mol. The van der Waals surface area contributed by atoms with Gasteiger partial charge in [0.2, 0.25) is 10.0 Å². The molecule has 0 bridgehead atoms. The average Bonchev–Trinajstić information content (AvgIpc) is 3.24. The summed E-state index contributed by atoms with van der Waals surface area (Å²) in [5.41, 5.74) is 4.37. The van der Waals surface area contributed by atoms with Crippen LogP contribution in [0.5, 0.6) is 5.75 Å². The largest absolute Gasteiger partial charge is 0.508 e. The molecule has 2 heterocycles. The fourth-order valence-electron chi connectivity index (χ4n) is 3.74. The molecule has 9 heteroatoms. The standard InChI is InChI=1S/C25H21N5O3S/c1-34(32,33)28-19-7-5-6-18(16-19)23-17-26-29-15-14-24(27-25(23)29)30(20-8-3-2-4-9-20)21-10-12-22(31)13-11-21/h2-17,28,31H,1H3. The second kappa shape index (κ2) is 8.53. The summed E-state index contributed by atoms with van der Waals surface area (Å²) in [6.45, 7) is 0. The quantitative estimate of drug-likeness (QED) is 0.364. The van der Waals surface area contributed by atoms with Gasteiger partial charge in [0.25, 0.3) is 0 Å². The van der Waals surface area contributed by atoms with Crippen molar-refractivity contribution < 1.29 is 13.5 Å². The summed E-state index contributed by atoms with van der Waals surface area (Å²) < 4.78 is 27.5. The first-order valence-electron chi connectivity index (χ1n) is 10.4. The molecule has 0 aliphatic carbocycles. The van der Waals surface area contributed by atoms with E-state index in [1.807, 2.05) is 65.7 Å². The van der Waals surface area contributed by atoms with E-state index < -0.39 is 10.0 Å². The molecule has 5 rings (SSSR count). The number of fused-ring (bicyclic) bond motifs is 1. The third kappa shape index (κ3) is 4.41. The van der Waals surface area contributed by atoms with E-state index in [4.69, 9.17) is 4.98 Å². The molecule has 0 radical (unpaired) electrons. The van der Waals surface area contributed by atoms with Crippen molar-refractivity contribution in [1.82, 2.24) is 14.6 Å². The summed E-state index contributed by atoms with van der Waals surface area (Å²) in [7, 11) is -3.40. The molecule has 0 fully saturated rings. The number of sulfonamides is 1. The molecule has 0 saturated carbocycles. The van der Waals surface area contributed by atoms with Gasteiger partial charge < -0.3 is 5.11 Å². The van der Waals surface area contributed by atoms with E-state index in [1.165, 1.54) is 0 Å². The molecular weight excluding hydrogens is 450 g/mol. The lowest BCUT2D eigenvalue weighted by Gasteiger charge is -2.24. The Morgan fingerprint density at radius 2 is 1.65 bits per heavy atom. The Labute approximate surface area is 196 Å². The molecule has 0 aliphatic heterocycles. The predicted octanol–water partition coefficient (Wildman–Crippen LogP) is 4.94. The maximum absolute atomic E-state index is 11.7. The summed E-state index contributed by atoms with van der Waals surface area (Å²) in [5, 5.41) is 14.2. The van der Waals surface area contributed by atoms with Gasteiger partial charge in [-0.2, -0.15) is 5.10 Å². The lowest BCUT2D eigenvalue weighted by atomic mass is 10.1. The Bertz CT molecular complexity index is 1570. The molecule has 0 aliphatic rings. The number of para-hydroxylation sites is 1. The minimum atomic E-state index is -3.40. The molecule has 0 saturated heterocycles. The van der Waals surface area contributed by atoms with Crippen LogP contribution in [-0.4, -0.2) is 34.4 Å². The topological polar surface area (TPSA) is 99.8 Å². The van der Waals surface area contributed by atoms with E-state index in [0.717, 1.165) is 28.8 Å². The molecule has 0 spiro atoms. The Hall–Kier alpha value is -4.37. The molecule has 0 unspecified atom stereocenters. The summed E-state index contributed by atoms with van der Waals surface area (Å²) >= 11 is 0. The molecular formula is C25H21N5O3S. The lowest BCUT2D eigenvalue weighted by molar-refractivity contribution is 0.475. The molecule has 170 valence electrons. The molecule has 3 aromatic carbocycles. The highest BCUT2D eigenvalue weighted by Crippen LogP contribution is 2.35. The molecule has 2 aromatic heterocycles. The first kappa shape index (κ1) is 21.5. The number of hydrogen-bond acceptors (Lipinski definition) is 6. The maximum atomic E-state index is 11.7. The van der Waals surface area contributed by atoms with Crippen LogP contribution in [0.4, 0.5) is 22.9 Å². The number of benzene rings is 3. The molecule has 0 atom stereocenters. The molecule has 0 amide bonds. The Balaban J connectivity index is 1.63. The Kier molecular flexibility index (Phi) is 5.39. The van der Waals surface area contributed by atoms with Crippen LogP contribution in [0.1, 0.15) is 0 Å². The van der Waals surface area contributed by atoms with Crippen molar-refractivity contribution in [2.75, 3.05) is 15.9 Å². The zero-order valence-corrected chi connectivity index (χ0v) is 19.0. The van der Waals surface area contributed by atoms with Crippen molar-refractivity contribution in [2.24, 2.45) is 0 Å². The smallest absolute Gasteiger partial charge is 0.229 e. The van der Waals surface area contributed by atoms with Gasteiger partial charge in [0.1, 0.15) is 11.6 Å². The van der Waals surface area contributed by atoms with Gasteiger partial charge >= 0.3 is 0 Å². The zero-order chi connectivity index (χ0) is 23.7. The highest BCUT2D eigenvalue weighted by atomic mass is 32.2. The molecule has 2 N–H and O–H groups in total. The van der Waals surface area contributed by atoms with Crippen LogP contribution in [-0.2, 0) is 10.0 Å². The van der Waals surface area contributed by atoms with Crippen molar-refractivity contribution in [2.45, 2.75) is 0 Å². The van der Waals surface area contributed by atoms with Gasteiger partial charge in [0, 0.05) is 28.8 Å². The number of rotatable bonds is 6. The predicted molar refractivity (Wildman–Crippen MR) is 133 cm³/mol. The van der Waals surface area contributed by atoms with Crippen LogP contribution in [0.15, 0.2) is 97.3 Å². The average molecular weight is 472 g/mol. The number of nitrogens with zero attached hydrogens (tertiary/aromatic N) is 4. The number of phenolic OH excluding ortho intramolecular Hbond substituents is 1. The molecule has 34 heavy (non-hydrogen) atoms. The number of hydrogen-bond donors (Lipinski definition) is 2. The minimum absolute atomic E-state index is 0.181. The van der Waals surface area contributed by atoms with Crippen LogP contribution >= 0.6 is 0 Å². The number of aromatic nitrogens is 3. The third-order valence-electron chi connectivity index (χ3n) is 5.18. The van der Waals surface area contributed by atoms with Crippen molar-refractivity contribution in [1.29, 1.82) is 0 Å². The van der Waals surface area contributed by atoms with Gasteiger partial charge in [-0.25, -0.2) is 17.9 Å². The van der Waals surface area contributed by atoms with Crippen LogP contribution in [0.3, 0.4) is 0 Å². The van der Waals surface area contributed by atoms with Crippen LogP contribution in [0.2, 0.25) is 0 Å². The first-order valence-corrected chi connectivity index (χ1v) is 12.3. The van der Waals surface area contributed by atoms with E-state index in [2.05, 4.69) is 9.82 Å².